The first kappa shape index (κ1) is 12.8. The highest BCUT2D eigenvalue weighted by molar-refractivity contribution is 8.00. The first-order chi connectivity index (χ1) is 7.58. The lowest BCUT2D eigenvalue weighted by Gasteiger charge is -2.03. The molecule has 0 bridgehead atoms. The topological polar surface area (TPSA) is 79.3 Å². The highest BCUT2D eigenvalue weighted by Gasteiger charge is 2.04. The smallest absolute Gasteiger partial charge is 0.313 e. The Morgan fingerprint density at radius 3 is 2.75 bits per heavy atom. The van der Waals surface area contributed by atoms with Crippen LogP contribution < -0.4 is 5.32 Å². The van der Waals surface area contributed by atoms with Crippen molar-refractivity contribution in [1.82, 2.24) is 4.98 Å². The Morgan fingerprint density at radius 2 is 2.19 bits per heavy atom. The summed E-state index contributed by atoms with van der Waals surface area (Å²) in [4.78, 5) is 25.3. The Hall–Kier alpha value is -1.27. The molecule has 0 saturated carbocycles. The Bertz CT molecular complexity index is 383. The van der Waals surface area contributed by atoms with E-state index < -0.39 is 5.97 Å². The fourth-order valence-corrected chi connectivity index (χ4v) is 1.52. The second-order valence-electron chi connectivity index (χ2n) is 2.80. The monoisotopic (exact) mass is 260 g/mol. The zero-order valence-electron chi connectivity index (χ0n) is 8.14. The standard InChI is InChI=1S/C9H9ClN2O3S/c10-7-2-1-6(3-11-7)12-8(13)4-16-5-9(14)15/h1-3H,4-5H2,(H,12,13)(H,14,15). The summed E-state index contributed by atoms with van der Waals surface area (Å²) in [5, 5.41) is 11.3. The summed E-state index contributed by atoms with van der Waals surface area (Å²) in [7, 11) is 0. The molecule has 1 aromatic rings. The number of anilines is 1. The molecule has 86 valence electrons. The number of carboxylic acid groups (broad SMARTS) is 1. The van der Waals surface area contributed by atoms with E-state index in [1.54, 1.807) is 12.1 Å². The number of carboxylic acids is 1. The van der Waals surface area contributed by atoms with Gasteiger partial charge in [-0.3, -0.25) is 9.59 Å². The van der Waals surface area contributed by atoms with Gasteiger partial charge in [0.1, 0.15) is 5.15 Å². The fraction of sp³-hybridized carbons (Fsp3) is 0.222. The predicted octanol–water partition coefficient (Wildman–Crippen LogP) is 1.49. The number of nitrogens with zero attached hydrogens (tertiary/aromatic N) is 1. The van der Waals surface area contributed by atoms with Crippen molar-refractivity contribution in [2.45, 2.75) is 0 Å². The van der Waals surface area contributed by atoms with Crippen LogP contribution in [-0.4, -0.2) is 33.5 Å². The summed E-state index contributed by atoms with van der Waals surface area (Å²) >= 11 is 6.61. The summed E-state index contributed by atoms with van der Waals surface area (Å²) < 4.78 is 0. The molecule has 1 aromatic heterocycles. The summed E-state index contributed by atoms with van der Waals surface area (Å²) in [6, 6.07) is 3.18. The number of aliphatic carboxylic acids is 1. The zero-order chi connectivity index (χ0) is 12.0. The van der Waals surface area contributed by atoms with E-state index in [4.69, 9.17) is 16.7 Å². The molecule has 16 heavy (non-hydrogen) atoms. The number of carbonyl (C=O) groups excluding carboxylic acids is 1. The van der Waals surface area contributed by atoms with Gasteiger partial charge in [0.05, 0.1) is 23.4 Å². The molecule has 0 aromatic carbocycles. The Kier molecular flexibility index (Phi) is 5.07. The molecule has 0 saturated heterocycles. The van der Waals surface area contributed by atoms with Gasteiger partial charge in [0.25, 0.3) is 0 Å². The van der Waals surface area contributed by atoms with E-state index in [2.05, 4.69) is 10.3 Å². The second-order valence-corrected chi connectivity index (χ2v) is 4.18. The lowest BCUT2D eigenvalue weighted by molar-refractivity contribution is -0.133. The Morgan fingerprint density at radius 1 is 1.44 bits per heavy atom. The van der Waals surface area contributed by atoms with Gasteiger partial charge >= 0.3 is 5.97 Å². The average Bonchev–Trinajstić information content (AvgIpc) is 2.21. The minimum Gasteiger partial charge on any atom is -0.481 e. The van der Waals surface area contributed by atoms with E-state index in [-0.39, 0.29) is 17.4 Å². The summed E-state index contributed by atoms with van der Waals surface area (Å²) in [6.45, 7) is 0. The summed E-state index contributed by atoms with van der Waals surface area (Å²) in [6.07, 6.45) is 1.43. The molecule has 0 unspecified atom stereocenters. The quantitative estimate of drug-likeness (QED) is 0.784. The van der Waals surface area contributed by atoms with Crippen molar-refractivity contribution >= 4 is 40.9 Å². The Balaban J connectivity index is 2.34. The third kappa shape index (κ3) is 4.99. The molecule has 0 fully saturated rings. The van der Waals surface area contributed by atoms with E-state index >= 15 is 0 Å². The van der Waals surface area contributed by atoms with Crippen molar-refractivity contribution in [3.8, 4) is 0 Å². The van der Waals surface area contributed by atoms with Gasteiger partial charge < -0.3 is 10.4 Å². The maximum atomic E-state index is 11.3. The first-order valence-electron chi connectivity index (χ1n) is 4.29. The molecule has 2 N–H and O–H groups in total. The van der Waals surface area contributed by atoms with Crippen molar-refractivity contribution in [1.29, 1.82) is 0 Å². The lowest BCUT2D eigenvalue weighted by Crippen LogP contribution is -2.15. The molecule has 0 atom stereocenters. The number of hydrogen-bond donors (Lipinski definition) is 2. The van der Waals surface area contributed by atoms with Gasteiger partial charge in [-0.15, -0.1) is 11.8 Å². The van der Waals surface area contributed by atoms with Crippen LogP contribution >= 0.6 is 23.4 Å². The minimum atomic E-state index is -0.939. The van der Waals surface area contributed by atoms with Gasteiger partial charge in [-0.2, -0.15) is 0 Å². The molecule has 0 aliphatic heterocycles. The van der Waals surface area contributed by atoms with E-state index in [1.165, 1.54) is 6.20 Å². The van der Waals surface area contributed by atoms with Crippen LogP contribution in [0.4, 0.5) is 5.69 Å². The minimum absolute atomic E-state index is 0.0910. The molecule has 7 heteroatoms. The number of nitrogens with one attached hydrogen (secondary N) is 1. The van der Waals surface area contributed by atoms with Gasteiger partial charge in [0, 0.05) is 0 Å². The molecule has 1 heterocycles. The van der Waals surface area contributed by atoms with Crippen molar-refractivity contribution in [3.05, 3.63) is 23.5 Å². The number of halogens is 1. The normalized spacial score (nSPS) is 9.81. The van der Waals surface area contributed by atoms with Crippen LogP contribution in [0.25, 0.3) is 0 Å². The average molecular weight is 261 g/mol. The maximum absolute atomic E-state index is 11.3. The second kappa shape index (κ2) is 6.34. The molecule has 0 aliphatic rings. The van der Waals surface area contributed by atoms with Crippen molar-refractivity contribution in [3.63, 3.8) is 0 Å². The third-order valence-electron chi connectivity index (χ3n) is 1.47. The molecule has 1 rings (SSSR count). The van der Waals surface area contributed by atoms with Gasteiger partial charge in [-0.25, -0.2) is 4.98 Å². The molecule has 1 amide bonds. The summed E-state index contributed by atoms with van der Waals surface area (Å²) in [5.74, 6) is -1.21. The first-order valence-corrected chi connectivity index (χ1v) is 5.82. The number of carbonyl (C=O) groups is 2. The Labute approximate surface area is 101 Å². The number of pyridine rings is 1. The van der Waals surface area contributed by atoms with Crippen LogP contribution in [0.1, 0.15) is 0 Å². The zero-order valence-corrected chi connectivity index (χ0v) is 9.72. The number of aromatic nitrogens is 1. The number of hydrogen-bond acceptors (Lipinski definition) is 4. The van der Waals surface area contributed by atoms with Gasteiger partial charge in [0.15, 0.2) is 0 Å². The highest BCUT2D eigenvalue weighted by Crippen LogP contribution is 2.10. The number of rotatable bonds is 5. The van der Waals surface area contributed by atoms with Gasteiger partial charge in [-0.05, 0) is 12.1 Å². The summed E-state index contributed by atoms with van der Waals surface area (Å²) in [5.41, 5.74) is 0.533. The number of amides is 1. The van der Waals surface area contributed by atoms with Crippen LogP contribution in [0.15, 0.2) is 18.3 Å². The van der Waals surface area contributed by atoms with Crippen molar-refractivity contribution < 1.29 is 14.7 Å². The SMILES string of the molecule is O=C(O)CSCC(=O)Nc1ccc(Cl)nc1. The largest absolute Gasteiger partial charge is 0.481 e. The van der Waals surface area contributed by atoms with Crippen LogP contribution in [0, 0.1) is 0 Å². The van der Waals surface area contributed by atoms with Crippen LogP contribution in [0.5, 0.6) is 0 Å². The van der Waals surface area contributed by atoms with Crippen LogP contribution in [0.2, 0.25) is 5.15 Å². The van der Waals surface area contributed by atoms with Gasteiger partial charge in [0.2, 0.25) is 5.91 Å². The van der Waals surface area contributed by atoms with Crippen LogP contribution in [0.3, 0.4) is 0 Å². The molecule has 0 aliphatic carbocycles. The third-order valence-corrected chi connectivity index (χ3v) is 2.61. The van der Waals surface area contributed by atoms with E-state index in [0.29, 0.717) is 10.8 Å². The molecule has 0 spiro atoms. The molecular formula is C9H9ClN2O3S. The van der Waals surface area contributed by atoms with Crippen molar-refractivity contribution in [2.75, 3.05) is 16.8 Å². The molecule has 5 nitrogen and oxygen atoms in total. The molecule has 0 radical (unpaired) electrons. The van der Waals surface area contributed by atoms with E-state index in [0.717, 1.165) is 11.8 Å². The van der Waals surface area contributed by atoms with E-state index in [1.807, 2.05) is 0 Å². The van der Waals surface area contributed by atoms with E-state index in [9.17, 15) is 9.59 Å². The predicted molar refractivity (Wildman–Crippen MR) is 62.8 cm³/mol. The van der Waals surface area contributed by atoms with Gasteiger partial charge in [-0.1, -0.05) is 11.6 Å². The van der Waals surface area contributed by atoms with Crippen molar-refractivity contribution in [2.24, 2.45) is 0 Å². The number of thioether (sulfide) groups is 1. The fourth-order valence-electron chi connectivity index (χ4n) is 0.878. The lowest BCUT2D eigenvalue weighted by atomic mass is 10.4. The molecular weight excluding hydrogens is 252 g/mol. The maximum Gasteiger partial charge on any atom is 0.313 e. The van der Waals surface area contributed by atoms with Crippen LogP contribution in [-0.2, 0) is 9.59 Å². The highest BCUT2D eigenvalue weighted by atomic mass is 35.5.